The molecule has 1 aliphatic carbocycles. The van der Waals surface area contributed by atoms with E-state index in [4.69, 9.17) is 5.73 Å². The third-order valence-electron chi connectivity index (χ3n) is 3.30. The molecule has 0 amide bonds. The smallest absolute Gasteiger partial charge is 0.123 e. The molecule has 16 heavy (non-hydrogen) atoms. The van der Waals surface area contributed by atoms with Gasteiger partial charge in [-0.1, -0.05) is 25.0 Å². The second kappa shape index (κ2) is 5.41. The predicted octanol–water partition coefficient (Wildman–Crippen LogP) is 2.19. The minimum Gasteiger partial charge on any atom is -0.326 e. The fourth-order valence-corrected chi connectivity index (χ4v) is 2.26. The monoisotopic (exact) mass is 222 g/mol. The molecule has 1 aromatic rings. The highest BCUT2D eigenvalue weighted by molar-refractivity contribution is 5.15. The predicted molar refractivity (Wildman–Crippen MR) is 63.5 cm³/mol. The number of halogens is 1. The van der Waals surface area contributed by atoms with Gasteiger partial charge in [-0.05, 0) is 30.5 Å². The SMILES string of the molecule is N[C@H]1CCCC[C@H]1NCc1ccc(F)cc1. The highest BCUT2D eigenvalue weighted by Gasteiger charge is 2.20. The summed E-state index contributed by atoms with van der Waals surface area (Å²) in [6.45, 7) is 0.776. The molecular weight excluding hydrogens is 203 g/mol. The van der Waals surface area contributed by atoms with Crippen LogP contribution in [0.5, 0.6) is 0 Å². The summed E-state index contributed by atoms with van der Waals surface area (Å²) in [5.41, 5.74) is 7.16. The molecule has 0 aromatic heterocycles. The molecule has 0 spiro atoms. The Hall–Kier alpha value is -0.930. The van der Waals surface area contributed by atoms with Gasteiger partial charge in [0.25, 0.3) is 0 Å². The van der Waals surface area contributed by atoms with Gasteiger partial charge in [0, 0.05) is 18.6 Å². The van der Waals surface area contributed by atoms with Gasteiger partial charge in [-0.2, -0.15) is 0 Å². The van der Waals surface area contributed by atoms with Crippen LogP contribution in [0.2, 0.25) is 0 Å². The molecule has 0 radical (unpaired) electrons. The molecule has 0 saturated heterocycles. The largest absolute Gasteiger partial charge is 0.326 e. The van der Waals surface area contributed by atoms with Crippen molar-refractivity contribution in [2.24, 2.45) is 5.73 Å². The van der Waals surface area contributed by atoms with E-state index < -0.39 is 0 Å². The molecule has 0 bridgehead atoms. The first-order valence-electron chi connectivity index (χ1n) is 5.99. The van der Waals surface area contributed by atoms with Crippen LogP contribution >= 0.6 is 0 Å². The van der Waals surface area contributed by atoms with Gasteiger partial charge in [-0.3, -0.25) is 0 Å². The van der Waals surface area contributed by atoms with Crippen molar-refractivity contribution >= 4 is 0 Å². The molecule has 2 rings (SSSR count). The van der Waals surface area contributed by atoms with Crippen molar-refractivity contribution in [2.75, 3.05) is 0 Å². The van der Waals surface area contributed by atoms with E-state index in [0.29, 0.717) is 6.04 Å². The topological polar surface area (TPSA) is 38.0 Å². The van der Waals surface area contributed by atoms with Crippen LogP contribution < -0.4 is 11.1 Å². The molecule has 2 atom stereocenters. The highest BCUT2D eigenvalue weighted by Crippen LogP contribution is 2.17. The lowest BCUT2D eigenvalue weighted by molar-refractivity contribution is 0.326. The number of hydrogen-bond donors (Lipinski definition) is 2. The fourth-order valence-electron chi connectivity index (χ4n) is 2.26. The Balaban J connectivity index is 1.84. The summed E-state index contributed by atoms with van der Waals surface area (Å²) in [5, 5.41) is 3.46. The Morgan fingerprint density at radius 2 is 1.88 bits per heavy atom. The molecule has 1 saturated carbocycles. The van der Waals surface area contributed by atoms with E-state index in [0.717, 1.165) is 24.9 Å². The van der Waals surface area contributed by atoms with Crippen LogP contribution in [0, 0.1) is 5.82 Å². The van der Waals surface area contributed by atoms with Gasteiger partial charge < -0.3 is 11.1 Å². The summed E-state index contributed by atoms with van der Waals surface area (Å²) >= 11 is 0. The van der Waals surface area contributed by atoms with Crippen LogP contribution in [-0.2, 0) is 6.54 Å². The Labute approximate surface area is 96.0 Å². The van der Waals surface area contributed by atoms with Gasteiger partial charge in [0.15, 0.2) is 0 Å². The van der Waals surface area contributed by atoms with Gasteiger partial charge in [-0.25, -0.2) is 4.39 Å². The molecule has 0 unspecified atom stereocenters. The fraction of sp³-hybridized carbons (Fsp3) is 0.538. The first kappa shape index (κ1) is 11.6. The summed E-state index contributed by atoms with van der Waals surface area (Å²) in [6, 6.07) is 7.32. The second-order valence-electron chi connectivity index (χ2n) is 4.56. The molecule has 1 fully saturated rings. The Bertz CT molecular complexity index is 323. The molecule has 2 nitrogen and oxygen atoms in total. The number of nitrogens with one attached hydrogen (secondary N) is 1. The van der Waals surface area contributed by atoms with Crippen molar-refractivity contribution < 1.29 is 4.39 Å². The van der Waals surface area contributed by atoms with E-state index in [1.54, 1.807) is 0 Å². The third kappa shape index (κ3) is 3.03. The summed E-state index contributed by atoms with van der Waals surface area (Å²) in [6.07, 6.45) is 4.77. The van der Waals surface area contributed by atoms with Gasteiger partial charge in [0.2, 0.25) is 0 Å². The summed E-state index contributed by atoms with van der Waals surface area (Å²) in [4.78, 5) is 0. The van der Waals surface area contributed by atoms with E-state index in [2.05, 4.69) is 5.32 Å². The van der Waals surface area contributed by atoms with Gasteiger partial charge in [0.1, 0.15) is 5.82 Å². The van der Waals surface area contributed by atoms with Crippen molar-refractivity contribution in [3.63, 3.8) is 0 Å². The van der Waals surface area contributed by atoms with Crippen LogP contribution in [0.1, 0.15) is 31.2 Å². The van der Waals surface area contributed by atoms with E-state index in [1.165, 1.54) is 25.0 Å². The lowest BCUT2D eigenvalue weighted by Crippen LogP contribution is -2.46. The standard InChI is InChI=1S/C13H19FN2/c14-11-7-5-10(6-8-11)9-16-13-4-2-1-3-12(13)15/h5-8,12-13,16H,1-4,9,15H2/t12-,13+/m0/s1. The van der Waals surface area contributed by atoms with Crippen LogP contribution in [0.4, 0.5) is 4.39 Å². The number of rotatable bonds is 3. The van der Waals surface area contributed by atoms with Gasteiger partial charge >= 0.3 is 0 Å². The Morgan fingerprint density at radius 1 is 1.19 bits per heavy atom. The first-order chi connectivity index (χ1) is 7.75. The summed E-state index contributed by atoms with van der Waals surface area (Å²) < 4.78 is 12.7. The molecular formula is C13H19FN2. The zero-order valence-corrected chi connectivity index (χ0v) is 9.45. The number of nitrogens with two attached hydrogens (primary N) is 1. The molecule has 3 N–H and O–H groups in total. The van der Waals surface area contributed by atoms with Gasteiger partial charge in [0.05, 0.1) is 0 Å². The zero-order chi connectivity index (χ0) is 11.4. The molecule has 0 heterocycles. The van der Waals surface area contributed by atoms with Crippen LogP contribution in [0.3, 0.4) is 0 Å². The Morgan fingerprint density at radius 3 is 2.56 bits per heavy atom. The first-order valence-corrected chi connectivity index (χ1v) is 5.99. The van der Waals surface area contributed by atoms with Crippen molar-refractivity contribution in [2.45, 2.75) is 44.3 Å². The second-order valence-corrected chi connectivity index (χ2v) is 4.56. The summed E-state index contributed by atoms with van der Waals surface area (Å²) in [5.74, 6) is -0.182. The van der Waals surface area contributed by atoms with Crippen LogP contribution in [0.15, 0.2) is 24.3 Å². The maximum atomic E-state index is 12.7. The summed E-state index contributed by atoms with van der Waals surface area (Å²) in [7, 11) is 0. The number of hydrogen-bond acceptors (Lipinski definition) is 2. The Kier molecular flexibility index (Phi) is 3.91. The number of benzene rings is 1. The van der Waals surface area contributed by atoms with E-state index >= 15 is 0 Å². The minimum atomic E-state index is -0.182. The average molecular weight is 222 g/mol. The maximum Gasteiger partial charge on any atom is 0.123 e. The van der Waals surface area contributed by atoms with Crippen molar-refractivity contribution in [3.8, 4) is 0 Å². The van der Waals surface area contributed by atoms with Crippen molar-refractivity contribution in [3.05, 3.63) is 35.6 Å². The van der Waals surface area contributed by atoms with E-state index in [9.17, 15) is 4.39 Å². The molecule has 3 heteroatoms. The van der Waals surface area contributed by atoms with Crippen LogP contribution in [-0.4, -0.2) is 12.1 Å². The van der Waals surface area contributed by atoms with Gasteiger partial charge in [-0.15, -0.1) is 0 Å². The maximum absolute atomic E-state index is 12.7. The molecule has 1 aromatic carbocycles. The average Bonchev–Trinajstić information content (AvgIpc) is 2.30. The molecule has 0 aliphatic heterocycles. The molecule has 88 valence electrons. The highest BCUT2D eigenvalue weighted by atomic mass is 19.1. The normalized spacial score (nSPS) is 25.6. The molecule has 1 aliphatic rings. The third-order valence-corrected chi connectivity index (χ3v) is 3.30. The lowest BCUT2D eigenvalue weighted by Gasteiger charge is -2.29. The van der Waals surface area contributed by atoms with E-state index in [1.807, 2.05) is 12.1 Å². The van der Waals surface area contributed by atoms with Crippen molar-refractivity contribution in [1.29, 1.82) is 0 Å². The van der Waals surface area contributed by atoms with Crippen LogP contribution in [0.25, 0.3) is 0 Å². The van der Waals surface area contributed by atoms with Crippen molar-refractivity contribution in [1.82, 2.24) is 5.32 Å². The quantitative estimate of drug-likeness (QED) is 0.822. The minimum absolute atomic E-state index is 0.182. The zero-order valence-electron chi connectivity index (χ0n) is 9.45. The lowest BCUT2D eigenvalue weighted by atomic mass is 9.91. The van der Waals surface area contributed by atoms with E-state index in [-0.39, 0.29) is 11.9 Å².